The molecule has 0 saturated carbocycles. The van der Waals surface area contributed by atoms with E-state index in [4.69, 9.17) is 0 Å². The molecule has 2 N–H and O–H groups in total. The molecule has 1 aromatic carbocycles. The number of benzene rings is 1. The Labute approximate surface area is 107 Å². The molecule has 0 aliphatic heterocycles. The van der Waals surface area contributed by atoms with Crippen molar-refractivity contribution in [2.24, 2.45) is 5.10 Å². The second kappa shape index (κ2) is 5.40. The van der Waals surface area contributed by atoms with Crippen LogP contribution in [0.5, 0.6) is 0 Å². The first-order valence-electron chi connectivity index (χ1n) is 5.35. The summed E-state index contributed by atoms with van der Waals surface area (Å²) in [6, 6.07) is 6.86. The van der Waals surface area contributed by atoms with Crippen LogP contribution in [-0.4, -0.2) is 28.5 Å². The van der Waals surface area contributed by atoms with Crippen LogP contribution in [0, 0.1) is 0 Å². The summed E-state index contributed by atoms with van der Waals surface area (Å²) < 4.78 is 38.4. The Hall–Kier alpha value is -1.89. The van der Waals surface area contributed by atoms with Gasteiger partial charge in [-0.2, -0.15) is 18.3 Å². The summed E-state index contributed by atoms with van der Waals surface area (Å²) in [5, 5.41) is 12.4. The van der Waals surface area contributed by atoms with E-state index in [1.54, 1.807) is 11.5 Å². The number of hydrogen-bond donors (Lipinski definition) is 2. The summed E-state index contributed by atoms with van der Waals surface area (Å²) in [7, 11) is 0. The van der Waals surface area contributed by atoms with E-state index in [1.807, 2.05) is 0 Å². The summed E-state index contributed by atoms with van der Waals surface area (Å²) in [6.45, 7) is 2.29. The molecule has 0 fully saturated rings. The number of carbonyl (C=O) groups excluding carboxylic acids is 1. The van der Waals surface area contributed by atoms with Gasteiger partial charge in [-0.15, -0.1) is 0 Å². The maximum absolute atomic E-state index is 12.8. The van der Waals surface area contributed by atoms with Gasteiger partial charge >= 0.3 is 6.18 Å². The Morgan fingerprint density at radius 1 is 1.21 bits per heavy atom. The van der Waals surface area contributed by atoms with Crippen molar-refractivity contribution in [1.82, 2.24) is 5.43 Å². The van der Waals surface area contributed by atoms with Gasteiger partial charge in [0.2, 0.25) is 0 Å². The Morgan fingerprint density at radius 3 is 2.16 bits per heavy atom. The smallest absolute Gasteiger partial charge is 0.381 e. The fraction of sp³-hybridized carbons (Fsp3) is 0.333. The van der Waals surface area contributed by atoms with Crippen LogP contribution >= 0.6 is 0 Å². The number of alkyl halides is 3. The summed E-state index contributed by atoms with van der Waals surface area (Å²) in [5.74, 6) is -1.02. The van der Waals surface area contributed by atoms with Gasteiger partial charge in [0.05, 0.1) is 0 Å². The van der Waals surface area contributed by atoms with Gasteiger partial charge in [0.25, 0.3) is 5.91 Å². The highest BCUT2D eigenvalue weighted by atomic mass is 19.4. The number of aliphatic hydroxyl groups is 1. The van der Waals surface area contributed by atoms with Crippen LogP contribution in [0.15, 0.2) is 35.4 Å². The maximum atomic E-state index is 12.8. The van der Waals surface area contributed by atoms with Crippen LogP contribution < -0.4 is 5.43 Å². The fourth-order valence-corrected chi connectivity index (χ4v) is 1.13. The number of hydrazone groups is 1. The molecule has 0 radical (unpaired) electrons. The van der Waals surface area contributed by atoms with Crippen LogP contribution in [0.1, 0.15) is 19.4 Å². The van der Waals surface area contributed by atoms with Gasteiger partial charge in [0.1, 0.15) is 5.60 Å². The molecule has 1 aromatic rings. The van der Waals surface area contributed by atoms with E-state index in [0.717, 1.165) is 13.8 Å². The van der Waals surface area contributed by atoms with Gasteiger partial charge in [0.15, 0.2) is 5.71 Å². The molecule has 1 rings (SSSR count). The lowest BCUT2D eigenvalue weighted by molar-refractivity contribution is -0.136. The first-order chi connectivity index (χ1) is 8.62. The number of nitrogens with one attached hydrogen (secondary N) is 1. The predicted molar refractivity (Wildman–Crippen MR) is 63.5 cm³/mol. The largest absolute Gasteiger partial charge is 0.435 e. The van der Waals surface area contributed by atoms with Gasteiger partial charge in [0, 0.05) is 5.56 Å². The van der Waals surface area contributed by atoms with E-state index < -0.39 is 23.4 Å². The van der Waals surface area contributed by atoms with Crippen molar-refractivity contribution in [2.45, 2.75) is 25.6 Å². The van der Waals surface area contributed by atoms with Gasteiger partial charge in [-0.1, -0.05) is 30.3 Å². The van der Waals surface area contributed by atoms with Gasteiger partial charge in [-0.25, -0.2) is 5.43 Å². The molecule has 7 heteroatoms. The Morgan fingerprint density at radius 2 is 1.74 bits per heavy atom. The number of amides is 1. The van der Waals surface area contributed by atoms with E-state index >= 15 is 0 Å². The van der Waals surface area contributed by atoms with E-state index in [-0.39, 0.29) is 5.56 Å². The zero-order valence-corrected chi connectivity index (χ0v) is 10.3. The highest BCUT2D eigenvalue weighted by Crippen LogP contribution is 2.22. The van der Waals surface area contributed by atoms with Crippen molar-refractivity contribution < 1.29 is 23.1 Å². The van der Waals surface area contributed by atoms with Crippen molar-refractivity contribution in [3.63, 3.8) is 0 Å². The fourth-order valence-electron chi connectivity index (χ4n) is 1.13. The first kappa shape index (κ1) is 15.2. The summed E-state index contributed by atoms with van der Waals surface area (Å²) in [5.41, 5.74) is -1.51. The monoisotopic (exact) mass is 274 g/mol. The van der Waals surface area contributed by atoms with E-state index in [9.17, 15) is 23.1 Å². The third kappa shape index (κ3) is 4.36. The van der Waals surface area contributed by atoms with Crippen molar-refractivity contribution >= 4 is 11.6 Å². The number of halogens is 3. The molecule has 4 nitrogen and oxygen atoms in total. The highest BCUT2D eigenvalue weighted by Gasteiger charge is 2.37. The van der Waals surface area contributed by atoms with Crippen molar-refractivity contribution in [1.29, 1.82) is 0 Å². The quantitative estimate of drug-likeness (QED) is 0.652. The molecule has 1 amide bonds. The molecular weight excluding hydrogens is 261 g/mol. The van der Waals surface area contributed by atoms with Crippen LogP contribution in [0.2, 0.25) is 0 Å². The molecule has 0 aliphatic carbocycles. The molecule has 0 unspecified atom stereocenters. The minimum atomic E-state index is -4.71. The Bertz CT molecular complexity index is 476. The zero-order valence-electron chi connectivity index (χ0n) is 10.3. The predicted octanol–water partition coefficient (Wildman–Crippen LogP) is 1.84. The second-order valence-electron chi connectivity index (χ2n) is 4.32. The van der Waals surface area contributed by atoms with Gasteiger partial charge in [-0.05, 0) is 13.8 Å². The normalized spacial score (nSPS) is 13.3. The number of nitrogens with zero attached hydrogens (tertiary/aromatic N) is 1. The lowest BCUT2D eigenvalue weighted by atomic mass is 10.1. The average molecular weight is 274 g/mol. The van der Waals surface area contributed by atoms with E-state index in [1.165, 1.54) is 24.3 Å². The Balaban J connectivity index is 3.04. The van der Waals surface area contributed by atoms with Crippen molar-refractivity contribution in [3.8, 4) is 0 Å². The first-order valence-corrected chi connectivity index (χ1v) is 5.35. The molecule has 19 heavy (non-hydrogen) atoms. The van der Waals surface area contributed by atoms with Gasteiger partial charge < -0.3 is 5.11 Å². The molecule has 0 aliphatic rings. The molecule has 0 saturated heterocycles. The lowest BCUT2D eigenvalue weighted by Crippen LogP contribution is -2.41. The lowest BCUT2D eigenvalue weighted by Gasteiger charge is -2.16. The average Bonchev–Trinajstić information content (AvgIpc) is 2.27. The van der Waals surface area contributed by atoms with E-state index in [2.05, 4.69) is 5.10 Å². The third-order valence-corrected chi connectivity index (χ3v) is 2.14. The maximum Gasteiger partial charge on any atom is 0.435 e. The number of hydrogen-bond acceptors (Lipinski definition) is 3. The topological polar surface area (TPSA) is 61.7 Å². The molecule has 0 aromatic heterocycles. The van der Waals surface area contributed by atoms with Crippen molar-refractivity contribution in [2.75, 3.05) is 0 Å². The number of rotatable bonds is 3. The van der Waals surface area contributed by atoms with Crippen LogP contribution in [0.25, 0.3) is 0 Å². The minimum Gasteiger partial charge on any atom is -0.381 e. The highest BCUT2D eigenvalue weighted by molar-refractivity contribution is 6.05. The van der Waals surface area contributed by atoms with Crippen LogP contribution in [0.4, 0.5) is 13.2 Å². The molecule has 0 heterocycles. The molecular formula is C12H13F3N2O2. The molecule has 0 bridgehead atoms. The summed E-state index contributed by atoms with van der Waals surface area (Å²) in [6.07, 6.45) is -4.71. The summed E-state index contributed by atoms with van der Waals surface area (Å²) in [4.78, 5) is 11.3. The third-order valence-electron chi connectivity index (χ3n) is 2.14. The molecule has 0 spiro atoms. The second-order valence-corrected chi connectivity index (χ2v) is 4.32. The van der Waals surface area contributed by atoms with Crippen LogP contribution in [-0.2, 0) is 4.79 Å². The standard InChI is InChI=1S/C12H13F3N2O2/c1-11(2,19)10(18)17-16-9(12(13,14)15)8-6-4-3-5-7-8/h3-7,19H,1-2H3,(H,17,18)/b16-9-. The zero-order chi connectivity index (χ0) is 14.7. The van der Waals surface area contributed by atoms with Crippen molar-refractivity contribution in [3.05, 3.63) is 35.9 Å². The molecule has 0 atom stereocenters. The SMILES string of the molecule is CC(C)(O)C(=O)N/N=C(/c1ccccc1)C(F)(F)F. The van der Waals surface area contributed by atoms with Crippen LogP contribution in [0.3, 0.4) is 0 Å². The summed E-state index contributed by atoms with van der Waals surface area (Å²) >= 11 is 0. The minimum absolute atomic E-state index is 0.175. The number of carbonyl (C=O) groups is 1. The Kier molecular flexibility index (Phi) is 4.31. The molecule has 104 valence electrons. The van der Waals surface area contributed by atoms with E-state index in [0.29, 0.717) is 0 Å². The van der Waals surface area contributed by atoms with Gasteiger partial charge in [-0.3, -0.25) is 4.79 Å².